The van der Waals surface area contributed by atoms with E-state index in [4.69, 9.17) is 4.52 Å². The second kappa shape index (κ2) is 7.44. The van der Waals surface area contributed by atoms with Crippen LogP contribution in [-0.2, 0) is 14.8 Å². The van der Waals surface area contributed by atoms with Crippen molar-refractivity contribution in [1.29, 1.82) is 0 Å². The van der Waals surface area contributed by atoms with Gasteiger partial charge in [-0.3, -0.25) is 4.79 Å². The molecule has 2 atom stereocenters. The molecule has 1 saturated carbocycles. The maximum atomic E-state index is 12.2. The number of amides is 1. The molecule has 0 unspecified atom stereocenters. The third kappa shape index (κ3) is 4.54. The van der Waals surface area contributed by atoms with E-state index >= 15 is 0 Å². The topological polar surface area (TPSA) is 101 Å². The Morgan fingerprint density at radius 1 is 1.30 bits per heavy atom. The molecule has 2 N–H and O–H groups in total. The Bertz CT molecular complexity index is 634. The van der Waals surface area contributed by atoms with Crippen molar-refractivity contribution >= 4 is 15.9 Å². The minimum absolute atomic E-state index is 0.0545. The summed E-state index contributed by atoms with van der Waals surface area (Å²) in [5.41, 5.74) is 0.315. The van der Waals surface area contributed by atoms with Gasteiger partial charge in [-0.25, -0.2) is 13.1 Å². The molecule has 1 amide bonds. The van der Waals surface area contributed by atoms with E-state index in [1.54, 1.807) is 13.8 Å². The van der Waals surface area contributed by atoms with Gasteiger partial charge in [0.25, 0.3) is 0 Å². The molecular formula is C15H25N3O4S. The van der Waals surface area contributed by atoms with Crippen molar-refractivity contribution in [3.8, 4) is 0 Å². The van der Waals surface area contributed by atoms with Gasteiger partial charge in [0.1, 0.15) is 10.6 Å². The molecule has 1 fully saturated rings. The Hall–Kier alpha value is -1.41. The van der Waals surface area contributed by atoms with E-state index in [0.29, 0.717) is 11.6 Å². The molecule has 1 aromatic heterocycles. The van der Waals surface area contributed by atoms with E-state index in [1.165, 1.54) is 6.42 Å². The van der Waals surface area contributed by atoms with Gasteiger partial charge in [0.05, 0.1) is 0 Å². The number of aryl methyl sites for hydroxylation is 2. The van der Waals surface area contributed by atoms with Gasteiger partial charge in [0.2, 0.25) is 15.9 Å². The number of nitrogens with one attached hydrogen (secondary N) is 2. The van der Waals surface area contributed by atoms with Crippen LogP contribution in [0.15, 0.2) is 9.42 Å². The fraction of sp³-hybridized carbons (Fsp3) is 0.733. The minimum atomic E-state index is -3.70. The summed E-state index contributed by atoms with van der Waals surface area (Å²) in [5, 5.41) is 6.65. The quantitative estimate of drug-likeness (QED) is 0.818. The number of nitrogens with zero attached hydrogens (tertiary/aromatic N) is 1. The maximum Gasteiger partial charge on any atom is 0.245 e. The van der Waals surface area contributed by atoms with Gasteiger partial charge in [-0.15, -0.1) is 0 Å². The molecule has 23 heavy (non-hydrogen) atoms. The van der Waals surface area contributed by atoms with E-state index in [0.717, 1.165) is 19.3 Å². The summed E-state index contributed by atoms with van der Waals surface area (Å²) >= 11 is 0. The van der Waals surface area contributed by atoms with Gasteiger partial charge in [0, 0.05) is 19.0 Å². The Kier molecular flexibility index (Phi) is 5.80. The van der Waals surface area contributed by atoms with Crippen LogP contribution in [0.1, 0.15) is 50.5 Å². The van der Waals surface area contributed by atoms with E-state index in [-0.39, 0.29) is 35.6 Å². The smallest absolute Gasteiger partial charge is 0.245 e. The zero-order chi connectivity index (χ0) is 17.0. The summed E-state index contributed by atoms with van der Waals surface area (Å²) < 4.78 is 31.7. The van der Waals surface area contributed by atoms with E-state index in [2.05, 4.69) is 22.1 Å². The standard InChI is InChI=1S/C15H25N3O4S/c1-10-6-4-5-7-13(10)17-14(19)8-9-16-23(20,21)15-11(2)18-22-12(15)3/h10,13,16H,4-9H2,1-3H3,(H,17,19)/t10-,13+/m1/s1. The van der Waals surface area contributed by atoms with Crippen molar-refractivity contribution in [2.45, 2.75) is 63.8 Å². The predicted molar refractivity (Wildman–Crippen MR) is 85.3 cm³/mol. The van der Waals surface area contributed by atoms with Gasteiger partial charge in [-0.05, 0) is 32.6 Å². The molecule has 0 radical (unpaired) electrons. The average Bonchev–Trinajstić information content (AvgIpc) is 2.81. The van der Waals surface area contributed by atoms with E-state index in [1.807, 2.05) is 0 Å². The Morgan fingerprint density at radius 3 is 2.61 bits per heavy atom. The Morgan fingerprint density at radius 2 is 2.00 bits per heavy atom. The van der Waals surface area contributed by atoms with Crippen molar-refractivity contribution in [1.82, 2.24) is 15.2 Å². The highest BCUT2D eigenvalue weighted by atomic mass is 32.2. The monoisotopic (exact) mass is 343 g/mol. The second-order valence-electron chi connectivity index (χ2n) is 6.24. The molecule has 0 saturated heterocycles. The largest absolute Gasteiger partial charge is 0.360 e. The predicted octanol–water partition coefficient (Wildman–Crippen LogP) is 1.65. The third-order valence-corrected chi connectivity index (χ3v) is 6.04. The van der Waals surface area contributed by atoms with Gasteiger partial charge >= 0.3 is 0 Å². The molecule has 7 nitrogen and oxygen atoms in total. The lowest BCUT2D eigenvalue weighted by atomic mass is 9.86. The molecule has 1 aromatic rings. The number of rotatable bonds is 6. The summed E-state index contributed by atoms with van der Waals surface area (Å²) in [7, 11) is -3.70. The van der Waals surface area contributed by atoms with Crippen LogP contribution in [0.4, 0.5) is 0 Å². The highest BCUT2D eigenvalue weighted by Gasteiger charge is 2.25. The fourth-order valence-corrected chi connectivity index (χ4v) is 4.40. The Labute approximate surface area is 137 Å². The first-order valence-electron chi connectivity index (χ1n) is 8.03. The molecule has 0 aromatic carbocycles. The van der Waals surface area contributed by atoms with Crippen LogP contribution in [-0.4, -0.2) is 32.1 Å². The summed E-state index contributed by atoms with van der Waals surface area (Å²) in [4.78, 5) is 12.0. The summed E-state index contributed by atoms with van der Waals surface area (Å²) in [6.45, 7) is 5.32. The molecule has 1 heterocycles. The SMILES string of the molecule is Cc1noc(C)c1S(=O)(=O)NCCC(=O)N[C@H]1CCCC[C@H]1C. The molecule has 2 rings (SSSR count). The van der Waals surface area contributed by atoms with Crippen LogP contribution >= 0.6 is 0 Å². The number of sulfonamides is 1. The van der Waals surface area contributed by atoms with Crippen molar-refractivity contribution in [2.24, 2.45) is 5.92 Å². The third-order valence-electron chi connectivity index (χ3n) is 4.34. The lowest BCUT2D eigenvalue weighted by Crippen LogP contribution is -2.42. The lowest BCUT2D eigenvalue weighted by molar-refractivity contribution is -0.122. The van der Waals surface area contributed by atoms with Crippen LogP contribution in [0.25, 0.3) is 0 Å². The summed E-state index contributed by atoms with van der Waals surface area (Å²) in [6, 6.07) is 0.204. The second-order valence-corrected chi connectivity index (χ2v) is 7.94. The normalized spacial score (nSPS) is 22.0. The molecule has 130 valence electrons. The zero-order valence-corrected chi connectivity index (χ0v) is 14.7. The molecular weight excluding hydrogens is 318 g/mol. The van der Waals surface area contributed by atoms with Gasteiger partial charge in [-0.1, -0.05) is 24.9 Å². The van der Waals surface area contributed by atoms with Crippen molar-refractivity contribution in [2.75, 3.05) is 6.54 Å². The number of carbonyl (C=O) groups excluding carboxylic acids is 1. The van der Waals surface area contributed by atoms with Gasteiger partial charge in [0.15, 0.2) is 5.76 Å². The average molecular weight is 343 g/mol. The summed E-state index contributed by atoms with van der Waals surface area (Å²) in [6.07, 6.45) is 4.59. The first kappa shape index (κ1) is 17.9. The molecule has 1 aliphatic rings. The first-order chi connectivity index (χ1) is 10.8. The fourth-order valence-electron chi connectivity index (χ4n) is 3.04. The molecule has 1 aliphatic carbocycles. The lowest BCUT2D eigenvalue weighted by Gasteiger charge is -2.29. The first-order valence-corrected chi connectivity index (χ1v) is 9.51. The number of hydrogen-bond acceptors (Lipinski definition) is 5. The Balaban J connectivity index is 1.83. The maximum absolute atomic E-state index is 12.2. The van der Waals surface area contributed by atoms with Crippen molar-refractivity contribution < 1.29 is 17.7 Å². The van der Waals surface area contributed by atoms with Gasteiger partial charge in [-0.2, -0.15) is 0 Å². The van der Waals surface area contributed by atoms with Crippen LogP contribution in [0, 0.1) is 19.8 Å². The number of aromatic nitrogens is 1. The number of hydrogen-bond donors (Lipinski definition) is 2. The highest BCUT2D eigenvalue weighted by Crippen LogP contribution is 2.23. The van der Waals surface area contributed by atoms with Crippen LogP contribution in [0.3, 0.4) is 0 Å². The van der Waals surface area contributed by atoms with Crippen molar-refractivity contribution in [3.63, 3.8) is 0 Å². The molecule has 0 bridgehead atoms. The molecule has 8 heteroatoms. The number of carbonyl (C=O) groups is 1. The molecule has 0 spiro atoms. The van der Waals surface area contributed by atoms with Crippen molar-refractivity contribution in [3.05, 3.63) is 11.5 Å². The van der Waals surface area contributed by atoms with Crippen LogP contribution < -0.4 is 10.0 Å². The summed E-state index contributed by atoms with van der Waals surface area (Å²) in [5.74, 6) is 0.604. The van der Waals surface area contributed by atoms with Gasteiger partial charge < -0.3 is 9.84 Å². The van der Waals surface area contributed by atoms with E-state index in [9.17, 15) is 13.2 Å². The van der Waals surface area contributed by atoms with Crippen LogP contribution in [0.2, 0.25) is 0 Å². The zero-order valence-electron chi connectivity index (χ0n) is 13.9. The van der Waals surface area contributed by atoms with Crippen LogP contribution in [0.5, 0.6) is 0 Å². The molecule has 0 aliphatic heterocycles. The highest BCUT2D eigenvalue weighted by molar-refractivity contribution is 7.89. The van der Waals surface area contributed by atoms with E-state index < -0.39 is 10.0 Å². The minimum Gasteiger partial charge on any atom is -0.360 e.